The lowest BCUT2D eigenvalue weighted by molar-refractivity contribution is -0.274. The molecule has 0 spiro atoms. The molecule has 0 heterocycles. The summed E-state index contributed by atoms with van der Waals surface area (Å²) in [4.78, 5) is 11.4. The third-order valence-corrected chi connectivity index (χ3v) is 2.05. The molecule has 5 nitrogen and oxygen atoms in total. The highest BCUT2D eigenvalue weighted by atomic mass is 19.4. The molecule has 0 aliphatic rings. The van der Waals surface area contributed by atoms with E-state index in [1.54, 1.807) is 6.07 Å². The second-order valence-electron chi connectivity index (χ2n) is 3.20. The molecule has 1 rings (SSSR count). The molecule has 1 aromatic rings. The molecule has 0 atom stereocenters. The van der Waals surface area contributed by atoms with Crippen LogP contribution in [0, 0.1) is 11.3 Å². The first-order valence-electron chi connectivity index (χ1n) is 4.78. The van der Waals surface area contributed by atoms with Gasteiger partial charge in [0.2, 0.25) is 0 Å². The van der Waals surface area contributed by atoms with Crippen molar-refractivity contribution in [2.75, 3.05) is 14.2 Å². The number of ether oxygens (including phenoxy) is 3. The molecule has 0 saturated carbocycles. The largest absolute Gasteiger partial charge is 0.573 e. The Labute approximate surface area is 106 Å². The van der Waals surface area contributed by atoms with Crippen LogP contribution < -0.4 is 9.47 Å². The van der Waals surface area contributed by atoms with Gasteiger partial charge in [-0.2, -0.15) is 5.26 Å². The van der Waals surface area contributed by atoms with Crippen molar-refractivity contribution in [3.05, 3.63) is 23.3 Å². The lowest BCUT2D eigenvalue weighted by Crippen LogP contribution is -2.18. The molecule has 0 aliphatic carbocycles. The molecular weight excluding hydrogens is 267 g/mol. The molecule has 0 unspecified atom stereocenters. The van der Waals surface area contributed by atoms with E-state index in [0.717, 1.165) is 26.4 Å². The molecule has 0 aliphatic heterocycles. The lowest BCUT2D eigenvalue weighted by Gasteiger charge is -2.13. The monoisotopic (exact) mass is 275 g/mol. The number of rotatable bonds is 3. The van der Waals surface area contributed by atoms with Gasteiger partial charge in [0.15, 0.2) is 0 Å². The highest BCUT2D eigenvalue weighted by Gasteiger charge is 2.32. The van der Waals surface area contributed by atoms with Crippen LogP contribution >= 0.6 is 0 Å². The van der Waals surface area contributed by atoms with E-state index < -0.39 is 18.1 Å². The van der Waals surface area contributed by atoms with Crippen molar-refractivity contribution in [1.29, 1.82) is 5.26 Å². The number of esters is 1. The second kappa shape index (κ2) is 5.48. The Morgan fingerprint density at radius 1 is 1.32 bits per heavy atom. The van der Waals surface area contributed by atoms with Crippen LogP contribution in [0.5, 0.6) is 11.5 Å². The standard InChI is InChI=1S/C11H8F3NO4/c1-17-9-4-6(19-11(12,13)14)3-7(8(9)5-15)10(16)18-2/h3-4H,1-2H3. The van der Waals surface area contributed by atoms with E-state index >= 15 is 0 Å². The number of benzene rings is 1. The van der Waals surface area contributed by atoms with E-state index in [0.29, 0.717) is 0 Å². The predicted molar refractivity (Wildman–Crippen MR) is 55.7 cm³/mol. The highest BCUT2D eigenvalue weighted by Crippen LogP contribution is 2.31. The average Bonchev–Trinajstić information content (AvgIpc) is 2.34. The van der Waals surface area contributed by atoms with E-state index in [1.807, 2.05) is 0 Å². The van der Waals surface area contributed by atoms with Crippen molar-refractivity contribution < 1.29 is 32.2 Å². The molecular formula is C11H8F3NO4. The molecule has 0 fully saturated rings. The highest BCUT2D eigenvalue weighted by molar-refractivity contribution is 5.93. The minimum absolute atomic E-state index is 0.218. The van der Waals surface area contributed by atoms with Gasteiger partial charge in [0.05, 0.1) is 19.8 Å². The topological polar surface area (TPSA) is 68.6 Å². The minimum atomic E-state index is -4.92. The number of carbonyl (C=O) groups excluding carboxylic acids is 1. The zero-order valence-electron chi connectivity index (χ0n) is 9.87. The quantitative estimate of drug-likeness (QED) is 0.791. The third kappa shape index (κ3) is 3.51. The number of hydrogen-bond donors (Lipinski definition) is 0. The molecule has 0 radical (unpaired) electrons. The molecule has 102 valence electrons. The van der Waals surface area contributed by atoms with Crippen LogP contribution in [0.4, 0.5) is 13.2 Å². The lowest BCUT2D eigenvalue weighted by atomic mass is 10.1. The van der Waals surface area contributed by atoms with E-state index in [-0.39, 0.29) is 16.9 Å². The van der Waals surface area contributed by atoms with Crippen molar-refractivity contribution >= 4 is 5.97 Å². The maximum Gasteiger partial charge on any atom is 0.573 e. The van der Waals surface area contributed by atoms with E-state index in [1.165, 1.54) is 0 Å². The van der Waals surface area contributed by atoms with Crippen molar-refractivity contribution in [1.82, 2.24) is 0 Å². The molecule has 0 N–H and O–H groups in total. The summed E-state index contributed by atoms with van der Waals surface area (Å²) in [6.07, 6.45) is -4.92. The molecule has 0 bridgehead atoms. The number of alkyl halides is 3. The van der Waals surface area contributed by atoms with Crippen LogP contribution in [0.2, 0.25) is 0 Å². The minimum Gasteiger partial charge on any atom is -0.495 e. The smallest absolute Gasteiger partial charge is 0.495 e. The van der Waals surface area contributed by atoms with Crippen LogP contribution in [0.15, 0.2) is 12.1 Å². The Hall–Kier alpha value is -2.43. The normalized spacial score (nSPS) is 10.5. The number of carbonyl (C=O) groups is 1. The van der Waals surface area contributed by atoms with Gasteiger partial charge in [-0.1, -0.05) is 0 Å². The predicted octanol–water partition coefficient (Wildman–Crippen LogP) is 2.25. The zero-order chi connectivity index (χ0) is 14.6. The fraction of sp³-hybridized carbons (Fsp3) is 0.273. The van der Waals surface area contributed by atoms with E-state index in [4.69, 9.17) is 10.00 Å². The summed E-state index contributed by atoms with van der Waals surface area (Å²) in [6.45, 7) is 0. The molecule has 19 heavy (non-hydrogen) atoms. The number of nitriles is 1. The number of halogens is 3. The Kier molecular flexibility index (Phi) is 4.22. The summed E-state index contributed by atoms with van der Waals surface area (Å²) in [7, 11) is 2.18. The van der Waals surface area contributed by atoms with E-state index in [2.05, 4.69) is 9.47 Å². The summed E-state index contributed by atoms with van der Waals surface area (Å²) in [5.74, 6) is -1.86. The van der Waals surface area contributed by atoms with Gasteiger partial charge in [-0.25, -0.2) is 4.79 Å². The SMILES string of the molecule is COC(=O)c1cc(OC(F)(F)F)cc(OC)c1C#N. The van der Waals surface area contributed by atoms with Gasteiger partial charge < -0.3 is 14.2 Å². The van der Waals surface area contributed by atoms with Crippen molar-refractivity contribution in [3.8, 4) is 17.6 Å². The maximum atomic E-state index is 12.1. The van der Waals surface area contributed by atoms with Gasteiger partial charge in [-0.15, -0.1) is 13.2 Å². The molecule has 0 saturated heterocycles. The summed E-state index contributed by atoms with van der Waals surface area (Å²) in [5, 5.41) is 8.90. The zero-order valence-corrected chi connectivity index (χ0v) is 9.87. The Bertz CT molecular complexity index is 534. The van der Waals surface area contributed by atoms with Crippen LogP contribution in [0.1, 0.15) is 15.9 Å². The fourth-order valence-corrected chi connectivity index (χ4v) is 1.33. The maximum absolute atomic E-state index is 12.1. The first-order chi connectivity index (χ1) is 8.82. The summed E-state index contributed by atoms with van der Waals surface area (Å²) in [6, 6.07) is 3.28. The van der Waals surface area contributed by atoms with Gasteiger partial charge in [-0.3, -0.25) is 0 Å². The van der Waals surface area contributed by atoms with Crippen molar-refractivity contribution in [2.45, 2.75) is 6.36 Å². The van der Waals surface area contributed by atoms with Crippen molar-refractivity contribution in [2.24, 2.45) is 0 Å². The van der Waals surface area contributed by atoms with Gasteiger partial charge >= 0.3 is 12.3 Å². The van der Waals surface area contributed by atoms with Gasteiger partial charge in [0.1, 0.15) is 23.1 Å². The Balaban J connectivity index is 3.39. The average molecular weight is 275 g/mol. The Morgan fingerprint density at radius 2 is 1.95 bits per heavy atom. The Morgan fingerprint density at radius 3 is 2.37 bits per heavy atom. The van der Waals surface area contributed by atoms with Crippen LogP contribution in [-0.2, 0) is 4.74 Å². The summed E-state index contributed by atoms with van der Waals surface area (Å²) >= 11 is 0. The van der Waals surface area contributed by atoms with E-state index in [9.17, 15) is 18.0 Å². The molecule has 8 heteroatoms. The molecule has 1 aromatic carbocycles. The van der Waals surface area contributed by atoms with Gasteiger partial charge in [0.25, 0.3) is 0 Å². The second-order valence-corrected chi connectivity index (χ2v) is 3.20. The molecule has 0 amide bonds. The van der Waals surface area contributed by atoms with Crippen molar-refractivity contribution in [3.63, 3.8) is 0 Å². The summed E-state index contributed by atoms with van der Waals surface area (Å²) < 4.78 is 49.2. The first kappa shape index (κ1) is 14.6. The van der Waals surface area contributed by atoms with Gasteiger partial charge in [-0.05, 0) is 6.07 Å². The number of hydrogen-bond acceptors (Lipinski definition) is 5. The summed E-state index contributed by atoms with van der Waals surface area (Å²) in [5.41, 5.74) is -0.604. The van der Waals surface area contributed by atoms with Crippen LogP contribution in [-0.4, -0.2) is 26.6 Å². The number of methoxy groups -OCH3 is 2. The first-order valence-corrected chi connectivity index (χ1v) is 4.78. The van der Waals surface area contributed by atoms with Crippen LogP contribution in [0.25, 0.3) is 0 Å². The van der Waals surface area contributed by atoms with Crippen LogP contribution in [0.3, 0.4) is 0 Å². The number of nitrogens with zero attached hydrogens (tertiary/aromatic N) is 1. The molecule has 0 aromatic heterocycles. The van der Waals surface area contributed by atoms with Gasteiger partial charge in [0, 0.05) is 6.07 Å². The third-order valence-electron chi connectivity index (χ3n) is 2.05. The fourth-order valence-electron chi connectivity index (χ4n) is 1.33.